The molecular formula is C18H28N2O. The zero-order chi connectivity index (χ0) is 15.5. The van der Waals surface area contributed by atoms with Crippen LogP contribution >= 0.6 is 0 Å². The monoisotopic (exact) mass is 288 g/mol. The van der Waals surface area contributed by atoms with Gasteiger partial charge in [-0.3, -0.25) is 4.79 Å². The third-order valence-corrected chi connectivity index (χ3v) is 4.52. The van der Waals surface area contributed by atoms with Crippen molar-refractivity contribution in [2.75, 3.05) is 0 Å². The van der Waals surface area contributed by atoms with Crippen molar-refractivity contribution >= 4 is 5.91 Å². The first kappa shape index (κ1) is 16.0. The van der Waals surface area contributed by atoms with Crippen LogP contribution in [0.3, 0.4) is 0 Å². The number of amides is 1. The van der Waals surface area contributed by atoms with Gasteiger partial charge in [-0.15, -0.1) is 0 Å². The molecule has 3 nitrogen and oxygen atoms in total. The van der Waals surface area contributed by atoms with Gasteiger partial charge in [-0.25, -0.2) is 0 Å². The molecule has 3 N–H and O–H groups in total. The van der Waals surface area contributed by atoms with Crippen molar-refractivity contribution < 1.29 is 4.79 Å². The Balaban J connectivity index is 2.17. The number of carbonyl (C=O) groups is 1. The molecule has 0 aliphatic heterocycles. The van der Waals surface area contributed by atoms with Crippen molar-refractivity contribution in [2.24, 2.45) is 11.7 Å². The quantitative estimate of drug-likeness (QED) is 0.871. The highest BCUT2D eigenvalue weighted by Gasteiger charge is 2.38. The van der Waals surface area contributed by atoms with Crippen LogP contribution in [0.4, 0.5) is 0 Å². The maximum absolute atomic E-state index is 12.6. The van der Waals surface area contributed by atoms with Crippen molar-refractivity contribution in [3.05, 3.63) is 35.4 Å². The van der Waals surface area contributed by atoms with E-state index in [0.717, 1.165) is 32.1 Å². The van der Waals surface area contributed by atoms with Crippen molar-refractivity contribution in [1.29, 1.82) is 0 Å². The lowest BCUT2D eigenvalue weighted by atomic mass is 9.91. The molecule has 2 rings (SSSR count). The summed E-state index contributed by atoms with van der Waals surface area (Å²) < 4.78 is 0. The van der Waals surface area contributed by atoms with Gasteiger partial charge in [-0.1, -0.05) is 51.0 Å². The van der Waals surface area contributed by atoms with E-state index in [1.807, 2.05) is 12.1 Å². The molecule has 1 aliphatic carbocycles. The molecule has 1 unspecified atom stereocenters. The van der Waals surface area contributed by atoms with Crippen molar-refractivity contribution in [3.8, 4) is 0 Å². The molecule has 0 spiro atoms. The van der Waals surface area contributed by atoms with E-state index in [-0.39, 0.29) is 11.9 Å². The molecule has 0 heterocycles. The van der Waals surface area contributed by atoms with Gasteiger partial charge in [0, 0.05) is 0 Å². The molecule has 0 radical (unpaired) electrons. The average molecular weight is 288 g/mol. The van der Waals surface area contributed by atoms with Gasteiger partial charge in [0.15, 0.2) is 0 Å². The van der Waals surface area contributed by atoms with Gasteiger partial charge in [0.25, 0.3) is 0 Å². The second-order valence-electron chi connectivity index (χ2n) is 6.88. The van der Waals surface area contributed by atoms with E-state index in [9.17, 15) is 4.79 Å². The molecular weight excluding hydrogens is 260 g/mol. The highest BCUT2D eigenvalue weighted by molar-refractivity contribution is 5.86. The number of hydrogen-bond donors (Lipinski definition) is 2. The van der Waals surface area contributed by atoms with Gasteiger partial charge in [0.2, 0.25) is 5.91 Å². The van der Waals surface area contributed by atoms with Crippen LogP contribution in [0.15, 0.2) is 24.3 Å². The second-order valence-corrected chi connectivity index (χ2v) is 6.88. The third kappa shape index (κ3) is 3.85. The van der Waals surface area contributed by atoms with Crippen LogP contribution in [-0.4, -0.2) is 11.4 Å². The number of nitrogens with one attached hydrogen (secondary N) is 1. The van der Waals surface area contributed by atoms with Crippen LogP contribution in [0.1, 0.15) is 63.1 Å². The highest BCUT2D eigenvalue weighted by Crippen LogP contribution is 2.30. The molecule has 116 valence electrons. The molecule has 1 fully saturated rings. The number of aryl methyl sites for hydroxylation is 1. The van der Waals surface area contributed by atoms with Gasteiger partial charge in [0.05, 0.1) is 11.6 Å². The normalized spacial score (nSPS) is 18.7. The van der Waals surface area contributed by atoms with E-state index in [4.69, 9.17) is 5.73 Å². The first-order chi connectivity index (χ1) is 9.92. The Morgan fingerprint density at radius 2 is 1.90 bits per heavy atom. The number of hydrogen-bond acceptors (Lipinski definition) is 2. The topological polar surface area (TPSA) is 55.1 Å². The lowest BCUT2D eigenvalue weighted by molar-refractivity contribution is -0.127. The zero-order valence-electron chi connectivity index (χ0n) is 13.5. The molecule has 21 heavy (non-hydrogen) atoms. The van der Waals surface area contributed by atoms with E-state index in [1.165, 1.54) is 11.1 Å². The number of rotatable bonds is 5. The SMILES string of the molecule is Cc1ccccc1C(CC(C)C)NC(=O)C1(N)CCCC1. The van der Waals surface area contributed by atoms with Gasteiger partial charge in [-0.2, -0.15) is 0 Å². The second kappa shape index (κ2) is 6.61. The Kier molecular flexibility index (Phi) is 5.04. The summed E-state index contributed by atoms with van der Waals surface area (Å²) in [7, 11) is 0. The summed E-state index contributed by atoms with van der Waals surface area (Å²) in [6.07, 6.45) is 4.67. The van der Waals surface area contributed by atoms with E-state index < -0.39 is 5.54 Å². The van der Waals surface area contributed by atoms with Gasteiger partial charge in [-0.05, 0) is 43.2 Å². The maximum atomic E-state index is 12.6. The molecule has 0 saturated heterocycles. The Morgan fingerprint density at radius 3 is 2.48 bits per heavy atom. The summed E-state index contributed by atoms with van der Waals surface area (Å²) in [5.74, 6) is 0.543. The lowest BCUT2D eigenvalue weighted by Crippen LogP contribution is -2.52. The fourth-order valence-electron chi connectivity index (χ4n) is 3.25. The fourth-order valence-corrected chi connectivity index (χ4v) is 3.25. The predicted octanol–water partition coefficient (Wildman–Crippen LogP) is 3.47. The molecule has 1 aromatic carbocycles. The van der Waals surface area contributed by atoms with Crippen LogP contribution in [0.25, 0.3) is 0 Å². The molecule has 0 aromatic heterocycles. The van der Waals surface area contributed by atoms with E-state index in [0.29, 0.717) is 5.92 Å². The molecule has 0 bridgehead atoms. The highest BCUT2D eigenvalue weighted by atomic mass is 16.2. The molecule has 3 heteroatoms. The summed E-state index contributed by atoms with van der Waals surface area (Å²) in [6, 6.07) is 8.34. The smallest absolute Gasteiger partial charge is 0.240 e. The average Bonchev–Trinajstić information content (AvgIpc) is 2.86. The minimum Gasteiger partial charge on any atom is -0.348 e. The van der Waals surface area contributed by atoms with Crippen molar-refractivity contribution in [1.82, 2.24) is 5.32 Å². The van der Waals surface area contributed by atoms with Crippen LogP contribution in [0.5, 0.6) is 0 Å². The lowest BCUT2D eigenvalue weighted by Gasteiger charge is -2.28. The van der Waals surface area contributed by atoms with Crippen molar-refractivity contribution in [2.45, 2.75) is 64.5 Å². The predicted molar refractivity (Wildman–Crippen MR) is 86.9 cm³/mol. The summed E-state index contributed by atoms with van der Waals surface area (Å²) >= 11 is 0. The van der Waals surface area contributed by atoms with Crippen LogP contribution in [-0.2, 0) is 4.79 Å². The van der Waals surface area contributed by atoms with Crippen LogP contribution in [0.2, 0.25) is 0 Å². The third-order valence-electron chi connectivity index (χ3n) is 4.52. The molecule has 1 amide bonds. The molecule has 1 atom stereocenters. The Bertz CT molecular complexity index is 490. The largest absolute Gasteiger partial charge is 0.348 e. The first-order valence-electron chi connectivity index (χ1n) is 8.08. The summed E-state index contributed by atoms with van der Waals surface area (Å²) in [4.78, 5) is 12.6. The minimum atomic E-state index is -0.655. The standard InChI is InChI=1S/C18H28N2O/c1-13(2)12-16(15-9-5-4-8-14(15)3)20-17(21)18(19)10-6-7-11-18/h4-5,8-9,13,16H,6-7,10-12,19H2,1-3H3,(H,20,21). The number of carbonyl (C=O) groups excluding carboxylic acids is 1. The van der Waals surface area contributed by atoms with E-state index >= 15 is 0 Å². The number of benzene rings is 1. The number of nitrogens with two attached hydrogens (primary N) is 1. The van der Waals surface area contributed by atoms with Crippen LogP contribution < -0.4 is 11.1 Å². The molecule has 1 aromatic rings. The van der Waals surface area contributed by atoms with Gasteiger partial charge >= 0.3 is 0 Å². The summed E-state index contributed by atoms with van der Waals surface area (Å²) in [5, 5.41) is 3.22. The van der Waals surface area contributed by atoms with Crippen LogP contribution in [0, 0.1) is 12.8 Å². The summed E-state index contributed by atoms with van der Waals surface area (Å²) in [6.45, 7) is 6.47. The van der Waals surface area contributed by atoms with Gasteiger partial charge < -0.3 is 11.1 Å². The van der Waals surface area contributed by atoms with Crippen molar-refractivity contribution in [3.63, 3.8) is 0 Å². The van der Waals surface area contributed by atoms with E-state index in [1.54, 1.807) is 0 Å². The Hall–Kier alpha value is -1.35. The van der Waals surface area contributed by atoms with Gasteiger partial charge in [0.1, 0.15) is 0 Å². The van der Waals surface area contributed by atoms with E-state index in [2.05, 4.69) is 38.2 Å². The fraction of sp³-hybridized carbons (Fsp3) is 0.611. The molecule has 1 aliphatic rings. The summed E-state index contributed by atoms with van der Waals surface area (Å²) in [5.41, 5.74) is 8.06. The first-order valence-corrected chi connectivity index (χ1v) is 8.08. The Labute approximate surface area is 128 Å². The zero-order valence-corrected chi connectivity index (χ0v) is 13.5. The molecule has 1 saturated carbocycles. The minimum absolute atomic E-state index is 0.0221. The Morgan fingerprint density at radius 1 is 1.29 bits per heavy atom. The maximum Gasteiger partial charge on any atom is 0.240 e.